The number of nitrogens with zero attached hydrogens (tertiary/aromatic N) is 3. The lowest BCUT2D eigenvalue weighted by molar-refractivity contribution is 0.211. The minimum absolute atomic E-state index is 0.208. The number of pyridine rings is 1. The zero-order valence-electron chi connectivity index (χ0n) is 16.3. The summed E-state index contributed by atoms with van der Waals surface area (Å²) in [5.74, 6) is 1.95. The van der Waals surface area contributed by atoms with Crippen LogP contribution in [-0.4, -0.2) is 26.0 Å². The molecule has 2 N–H and O–H groups in total. The zero-order chi connectivity index (χ0) is 19.8. The number of anilines is 1. The van der Waals surface area contributed by atoms with E-state index in [0.29, 0.717) is 34.2 Å². The zero-order valence-corrected chi connectivity index (χ0v) is 17.1. The van der Waals surface area contributed by atoms with Gasteiger partial charge in [0.25, 0.3) is 0 Å². The molecule has 0 aromatic carbocycles. The summed E-state index contributed by atoms with van der Waals surface area (Å²) in [6.45, 7) is 6.73. The Labute approximate surface area is 169 Å². The van der Waals surface area contributed by atoms with Crippen LogP contribution in [-0.2, 0) is 0 Å². The molecule has 3 aromatic rings. The van der Waals surface area contributed by atoms with Crippen molar-refractivity contribution in [1.82, 2.24) is 19.9 Å². The van der Waals surface area contributed by atoms with E-state index in [-0.39, 0.29) is 11.9 Å². The Morgan fingerprint density at radius 1 is 1.25 bits per heavy atom. The van der Waals surface area contributed by atoms with Crippen molar-refractivity contribution in [3.05, 3.63) is 35.5 Å². The molecule has 0 aliphatic heterocycles. The first-order valence-corrected chi connectivity index (χ1v) is 10.2. The highest BCUT2D eigenvalue weighted by molar-refractivity contribution is 6.31. The molecule has 5 nitrogen and oxygen atoms in total. The maximum atomic E-state index is 14.5. The second-order valence-electron chi connectivity index (χ2n) is 8.22. The van der Waals surface area contributed by atoms with Gasteiger partial charge in [-0.2, -0.15) is 0 Å². The second-order valence-corrected chi connectivity index (χ2v) is 8.66. The standard InChI is InChI=1S/C21H25ClFN5/c1-11(2)14-5-4-12(3)6-18(14)27-21-17(23)10-26-20(28-21)16-9-25-19-15(16)7-13(22)8-24-19/h7-12,14,18H,4-6H2,1-3H3,(H,24,25)(H,26,27,28)/t12-,14?,18-/m1/s1. The summed E-state index contributed by atoms with van der Waals surface area (Å²) in [5.41, 5.74) is 1.45. The molecule has 0 radical (unpaired) electrons. The van der Waals surface area contributed by atoms with Crippen LogP contribution in [0.1, 0.15) is 40.0 Å². The van der Waals surface area contributed by atoms with Crippen LogP contribution in [0.15, 0.2) is 24.7 Å². The Morgan fingerprint density at radius 2 is 2.07 bits per heavy atom. The van der Waals surface area contributed by atoms with Gasteiger partial charge in [-0.1, -0.05) is 38.8 Å². The van der Waals surface area contributed by atoms with Crippen molar-refractivity contribution in [2.24, 2.45) is 17.8 Å². The Hall–Kier alpha value is -2.21. The van der Waals surface area contributed by atoms with Crippen molar-refractivity contribution in [2.75, 3.05) is 5.32 Å². The van der Waals surface area contributed by atoms with Gasteiger partial charge >= 0.3 is 0 Å². The van der Waals surface area contributed by atoms with Crippen LogP contribution in [0.4, 0.5) is 10.2 Å². The monoisotopic (exact) mass is 401 g/mol. The Morgan fingerprint density at radius 3 is 2.86 bits per heavy atom. The summed E-state index contributed by atoms with van der Waals surface area (Å²) >= 11 is 6.09. The molecular formula is C21H25ClFN5. The fourth-order valence-electron chi connectivity index (χ4n) is 4.30. The molecule has 3 atom stereocenters. The predicted molar refractivity (Wildman–Crippen MR) is 111 cm³/mol. The van der Waals surface area contributed by atoms with Crippen LogP contribution in [0.5, 0.6) is 0 Å². The number of halogens is 2. The van der Waals surface area contributed by atoms with E-state index < -0.39 is 5.82 Å². The van der Waals surface area contributed by atoms with Crippen molar-refractivity contribution < 1.29 is 4.39 Å². The fourth-order valence-corrected chi connectivity index (χ4v) is 4.46. The molecule has 1 saturated carbocycles. The summed E-state index contributed by atoms with van der Waals surface area (Å²) in [7, 11) is 0. The number of aromatic nitrogens is 4. The summed E-state index contributed by atoms with van der Waals surface area (Å²) < 4.78 is 14.5. The third-order valence-corrected chi connectivity index (χ3v) is 6.03. The maximum Gasteiger partial charge on any atom is 0.183 e. The van der Waals surface area contributed by atoms with Crippen LogP contribution in [0.2, 0.25) is 5.02 Å². The molecule has 4 rings (SSSR count). The normalized spacial score (nSPS) is 22.7. The van der Waals surface area contributed by atoms with Gasteiger partial charge in [0.05, 0.1) is 11.2 Å². The molecule has 1 aliphatic rings. The highest BCUT2D eigenvalue weighted by Crippen LogP contribution is 2.36. The van der Waals surface area contributed by atoms with Gasteiger partial charge in [-0.05, 0) is 36.7 Å². The van der Waals surface area contributed by atoms with Crippen molar-refractivity contribution in [3.8, 4) is 11.4 Å². The first-order chi connectivity index (χ1) is 13.4. The van der Waals surface area contributed by atoms with E-state index in [0.717, 1.165) is 23.8 Å². The first-order valence-electron chi connectivity index (χ1n) is 9.84. The molecule has 1 fully saturated rings. The lowest BCUT2D eigenvalue weighted by Crippen LogP contribution is -2.38. The summed E-state index contributed by atoms with van der Waals surface area (Å²) in [6.07, 6.45) is 8.00. The number of nitrogens with one attached hydrogen (secondary N) is 2. The molecule has 0 spiro atoms. The van der Waals surface area contributed by atoms with Crippen LogP contribution < -0.4 is 5.32 Å². The van der Waals surface area contributed by atoms with Gasteiger partial charge in [0.15, 0.2) is 17.5 Å². The third kappa shape index (κ3) is 3.70. The SMILES string of the molecule is CC(C)C1CC[C@@H](C)C[C@H]1Nc1nc(-c2c[nH]c3ncc(Cl)cc23)ncc1F. The van der Waals surface area contributed by atoms with Crippen LogP contribution in [0.25, 0.3) is 22.4 Å². The number of hydrogen-bond donors (Lipinski definition) is 2. The lowest BCUT2D eigenvalue weighted by Gasteiger charge is -2.38. The fraction of sp³-hybridized carbons (Fsp3) is 0.476. The number of fused-ring (bicyclic) bond motifs is 1. The van der Waals surface area contributed by atoms with Gasteiger partial charge < -0.3 is 10.3 Å². The number of rotatable bonds is 4. The minimum atomic E-state index is -0.430. The van der Waals surface area contributed by atoms with E-state index in [1.807, 2.05) is 6.07 Å². The number of H-pyrrole nitrogens is 1. The Kier molecular flexibility index (Phi) is 5.23. The molecule has 28 heavy (non-hydrogen) atoms. The van der Waals surface area contributed by atoms with E-state index in [4.69, 9.17) is 11.6 Å². The average molecular weight is 402 g/mol. The highest BCUT2D eigenvalue weighted by atomic mass is 35.5. The van der Waals surface area contributed by atoms with Gasteiger partial charge in [0.2, 0.25) is 0 Å². The van der Waals surface area contributed by atoms with Crippen LogP contribution >= 0.6 is 11.6 Å². The molecule has 1 aliphatic carbocycles. The smallest absolute Gasteiger partial charge is 0.183 e. The summed E-state index contributed by atoms with van der Waals surface area (Å²) in [5, 5.41) is 4.74. The van der Waals surface area contributed by atoms with E-state index in [1.54, 1.807) is 12.4 Å². The minimum Gasteiger partial charge on any atom is -0.364 e. The molecule has 3 aromatic heterocycles. The van der Waals surface area contributed by atoms with Gasteiger partial charge in [0, 0.05) is 29.4 Å². The van der Waals surface area contributed by atoms with Gasteiger partial charge in [-0.15, -0.1) is 0 Å². The molecule has 7 heteroatoms. The van der Waals surface area contributed by atoms with E-state index in [9.17, 15) is 4.39 Å². The van der Waals surface area contributed by atoms with Crippen molar-refractivity contribution in [1.29, 1.82) is 0 Å². The number of aromatic amines is 1. The van der Waals surface area contributed by atoms with Gasteiger partial charge in [-0.25, -0.2) is 19.3 Å². The van der Waals surface area contributed by atoms with Crippen molar-refractivity contribution >= 4 is 28.5 Å². The lowest BCUT2D eigenvalue weighted by atomic mass is 9.74. The molecule has 1 unspecified atom stereocenters. The summed E-state index contributed by atoms with van der Waals surface area (Å²) in [6, 6.07) is 2.02. The molecule has 0 bridgehead atoms. The number of hydrogen-bond acceptors (Lipinski definition) is 4. The highest BCUT2D eigenvalue weighted by Gasteiger charge is 2.31. The summed E-state index contributed by atoms with van der Waals surface area (Å²) in [4.78, 5) is 16.1. The molecule has 0 saturated heterocycles. The van der Waals surface area contributed by atoms with E-state index >= 15 is 0 Å². The third-order valence-electron chi connectivity index (χ3n) is 5.83. The second kappa shape index (κ2) is 7.66. The topological polar surface area (TPSA) is 66.5 Å². The quantitative estimate of drug-likeness (QED) is 0.589. The van der Waals surface area contributed by atoms with E-state index in [2.05, 4.69) is 46.0 Å². The maximum absolute atomic E-state index is 14.5. The molecular weight excluding hydrogens is 377 g/mol. The van der Waals surface area contributed by atoms with Gasteiger partial charge in [0.1, 0.15) is 5.65 Å². The molecule has 0 amide bonds. The predicted octanol–water partition coefficient (Wildman–Crippen LogP) is 5.69. The van der Waals surface area contributed by atoms with Crippen LogP contribution in [0, 0.1) is 23.6 Å². The first kappa shape index (κ1) is 19.1. The van der Waals surface area contributed by atoms with Gasteiger partial charge in [-0.3, -0.25) is 0 Å². The molecule has 148 valence electrons. The Balaban J connectivity index is 1.68. The largest absolute Gasteiger partial charge is 0.364 e. The average Bonchev–Trinajstić information content (AvgIpc) is 3.06. The van der Waals surface area contributed by atoms with Crippen molar-refractivity contribution in [3.63, 3.8) is 0 Å². The molecule has 3 heterocycles. The Bertz CT molecular complexity index is 986. The van der Waals surface area contributed by atoms with E-state index in [1.165, 1.54) is 12.6 Å². The van der Waals surface area contributed by atoms with Crippen LogP contribution in [0.3, 0.4) is 0 Å². The van der Waals surface area contributed by atoms with Crippen molar-refractivity contribution in [2.45, 2.75) is 46.1 Å².